The van der Waals surface area contributed by atoms with Gasteiger partial charge in [-0.15, -0.1) is 10.2 Å². The van der Waals surface area contributed by atoms with E-state index in [4.69, 9.17) is 0 Å². The molecule has 0 radical (unpaired) electrons. The number of nitrogens with zero attached hydrogens (tertiary/aromatic N) is 3. The number of halogens is 3. The van der Waals surface area contributed by atoms with Gasteiger partial charge in [0, 0.05) is 18.6 Å². The first-order chi connectivity index (χ1) is 10.1. The Bertz CT molecular complexity index is 468. The van der Waals surface area contributed by atoms with Gasteiger partial charge in [-0.2, -0.15) is 13.2 Å². The second-order valence-corrected chi connectivity index (χ2v) is 5.73. The van der Waals surface area contributed by atoms with Crippen molar-refractivity contribution in [1.82, 2.24) is 15.5 Å². The minimum Gasteiger partial charge on any atom is -0.351 e. The highest BCUT2D eigenvalue weighted by Gasteiger charge is 2.35. The third-order valence-electron chi connectivity index (χ3n) is 4.35. The van der Waals surface area contributed by atoms with E-state index in [0.29, 0.717) is 17.9 Å². The van der Waals surface area contributed by atoms with Gasteiger partial charge in [-0.25, -0.2) is 0 Å². The summed E-state index contributed by atoms with van der Waals surface area (Å²) in [6.45, 7) is 1.86. The molecule has 0 bridgehead atoms. The Morgan fingerprint density at radius 2 is 1.95 bits per heavy atom. The molecule has 0 spiro atoms. The highest BCUT2D eigenvalue weighted by molar-refractivity contribution is 5.40. The second kappa shape index (κ2) is 5.79. The zero-order chi connectivity index (χ0) is 14.9. The summed E-state index contributed by atoms with van der Waals surface area (Å²) in [5, 5.41) is 10.7. The lowest BCUT2D eigenvalue weighted by molar-refractivity contribution is -0.141. The fourth-order valence-corrected chi connectivity index (χ4v) is 3.33. The van der Waals surface area contributed by atoms with Crippen LogP contribution in [0.1, 0.15) is 37.8 Å². The molecule has 0 aliphatic carbocycles. The molecule has 2 unspecified atom stereocenters. The molecular weight excluding hydrogens is 281 g/mol. The summed E-state index contributed by atoms with van der Waals surface area (Å²) in [6, 6.07) is 3.20. The molecule has 3 rings (SSSR count). The zero-order valence-corrected chi connectivity index (χ0v) is 11.7. The van der Waals surface area contributed by atoms with Crippen molar-refractivity contribution in [2.75, 3.05) is 18.0 Å². The highest BCUT2D eigenvalue weighted by Crippen LogP contribution is 2.30. The lowest BCUT2D eigenvalue weighted by Gasteiger charge is -2.39. The number of aromatic nitrogens is 2. The van der Waals surface area contributed by atoms with Gasteiger partial charge >= 0.3 is 6.18 Å². The summed E-state index contributed by atoms with van der Waals surface area (Å²) < 4.78 is 37.7. The van der Waals surface area contributed by atoms with E-state index in [0.717, 1.165) is 51.3 Å². The molecule has 0 amide bonds. The van der Waals surface area contributed by atoms with Crippen molar-refractivity contribution in [3.63, 3.8) is 0 Å². The molecule has 2 aliphatic heterocycles. The molecule has 4 nitrogen and oxygen atoms in total. The molecule has 0 aromatic carbocycles. The van der Waals surface area contributed by atoms with E-state index in [1.807, 2.05) is 0 Å². The van der Waals surface area contributed by atoms with Crippen LogP contribution in [0.25, 0.3) is 0 Å². The van der Waals surface area contributed by atoms with Gasteiger partial charge in [0.25, 0.3) is 0 Å². The van der Waals surface area contributed by atoms with Crippen molar-refractivity contribution in [3.05, 3.63) is 17.8 Å². The Hall–Kier alpha value is -1.37. The Labute approximate surface area is 121 Å². The number of alkyl halides is 3. The largest absolute Gasteiger partial charge is 0.435 e. The SMILES string of the molecule is FC(F)(F)c1ccc(N2CCCCC2C2CCCN2)nn1. The summed E-state index contributed by atoms with van der Waals surface area (Å²) in [4.78, 5) is 2.12. The summed E-state index contributed by atoms with van der Waals surface area (Å²) in [6.07, 6.45) is 1.11. The molecule has 116 valence electrons. The van der Waals surface area contributed by atoms with Crippen LogP contribution in [0.4, 0.5) is 19.0 Å². The maximum absolute atomic E-state index is 12.6. The van der Waals surface area contributed by atoms with Gasteiger partial charge in [-0.3, -0.25) is 0 Å². The number of anilines is 1. The molecule has 3 heterocycles. The molecule has 2 saturated heterocycles. The monoisotopic (exact) mass is 300 g/mol. The van der Waals surface area contributed by atoms with Crippen LogP contribution in [0.15, 0.2) is 12.1 Å². The number of hydrogen-bond donors (Lipinski definition) is 1. The lowest BCUT2D eigenvalue weighted by atomic mass is 9.94. The van der Waals surface area contributed by atoms with Crippen LogP contribution in [0.2, 0.25) is 0 Å². The Morgan fingerprint density at radius 3 is 2.57 bits per heavy atom. The molecule has 2 aliphatic rings. The standard InChI is InChI=1S/C14H19F3N4/c15-14(16,17)12-6-7-13(20-19-12)21-9-2-1-5-11(21)10-4-3-8-18-10/h6-7,10-11,18H,1-5,8-9H2. The first-order valence-electron chi connectivity index (χ1n) is 7.46. The third-order valence-corrected chi connectivity index (χ3v) is 4.35. The normalized spacial score (nSPS) is 27.1. The lowest BCUT2D eigenvalue weighted by Crippen LogP contribution is -2.50. The van der Waals surface area contributed by atoms with Crippen LogP contribution in [0, 0.1) is 0 Å². The summed E-state index contributed by atoms with van der Waals surface area (Å²) in [5.41, 5.74) is -0.932. The molecule has 2 fully saturated rings. The maximum atomic E-state index is 12.6. The van der Waals surface area contributed by atoms with E-state index in [2.05, 4.69) is 20.4 Å². The first-order valence-corrected chi connectivity index (χ1v) is 7.46. The third kappa shape index (κ3) is 3.12. The quantitative estimate of drug-likeness (QED) is 0.911. The van der Waals surface area contributed by atoms with Crippen molar-refractivity contribution in [2.24, 2.45) is 0 Å². The van der Waals surface area contributed by atoms with Crippen LogP contribution in [-0.4, -0.2) is 35.4 Å². The Morgan fingerprint density at radius 1 is 1.10 bits per heavy atom. The number of hydrogen-bond acceptors (Lipinski definition) is 4. The molecule has 1 N–H and O–H groups in total. The smallest absolute Gasteiger partial charge is 0.351 e. The molecule has 1 aromatic heterocycles. The second-order valence-electron chi connectivity index (χ2n) is 5.73. The van der Waals surface area contributed by atoms with Crippen LogP contribution >= 0.6 is 0 Å². The van der Waals surface area contributed by atoms with E-state index in [-0.39, 0.29) is 0 Å². The molecule has 0 saturated carbocycles. The van der Waals surface area contributed by atoms with Gasteiger partial charge in [-0.05, 0) is 50.8 Å². The van der Waals surface area contributed by atoms with Gasteiger partial charge in [-0.1, -0.05) is 0 Å². The van der Waals surface area contributed by atoms with Crippen molar-refractivity contribution >= 4 is 5.82 Å². The summed E-state index contributed by atoms with van der Waals surface area (Å²) in [5.74, 6) is 0.557. The Kier molecular flexibility index (Phi) is 4.01. The van der Waals surface area contributed by atoms with Gasteiger partial charge in [0.2, 0.25) is 0 Å². The van der Waals surface area contributed by atoms with Gasteiger partial charge in [0.15, 0.2) is 11.5 Å². The number of nitrogens with one attached hydrogen (secondary N) is 1. The average Bonchev–Trinajstić information content (AvgIpc) is 3.01. The zero-order valence-electron chi connectivity index (χ0n) is 11.7. The van der Waals surface area contributed by atoms with Crippen LogP contribution in [0.3, 0.4) is 0 Å². The minimum absolute atomic E-state index is 0.312. The van der Waals surface area contributed by atoms with Crippen molar-refractivity contribution in [1.29, 1.82) is 0 Å². The van der Waals surface area contributed by atoms with E-state index in [1.165, 1.54) is 6.07 Å². The van der Waals surface area contributed by atoms with Gasteiger partial charge in [0.1, 0.15) is 0 Å². The predicted molar refractivity (Wildman–Crippen MR) is 73.0 cm³/mol. The topological polar surface area (TPSA) is 41.0 Å². The highest BCUT2D eigenvalue weighted by atomic mass is 19.4. The van der Waals surface area contributed by atoms with Gasteiger partial charge < -0.3 is 10.2 Å². The Balaban J connectivity index is 1.79. The number of rotatable bonds is 2. The molecule has 1 aromatic rings. The summed E-state index contributed by atoms with van der Waals surface area (Å²) >= 11 is 0. The van der Waals surface area contributed by atoms with E-state index >= 15 is 0 Å². The first kappa shape index (κ1) is 14.6. The molecular formula is C14H19F3N4. The van der Waals surface area contributed by atoms with E-state index in [9.17, 15) is 13.2 Å². The van der Waals surface area contributed by atoms with Crippen molar-refractivity contribution < 1.29 is 13.2 Å². The maximum Gasteiger partial charge on any atom is 0.435 e. The van der Waals surface area contributed by atoms with Crippen LogP contribution in [-0.2, 0) is 6.18 Å². The van der Waals surface area contributed by atoms with E-state index in [1.54, 1.807) is 0 Å². The van der Waals surface area contributed by atoms with E-state index < -0.39 is 11.9 Å². The fraction of sp³-hybridized carbons (Fsp3) is 0.714. The van der Waals surface area contributed by atoms with Crippen LogP contribution in [0.5, 0.6) is 0 Å². The van der Waals surface area contributed by atoms with Gasteiger partial charge in [0.05, 0.1) is 0 Å². The minimum atomic E-state index is -4.43. The summed E-state index contributed by atoms with van der Waals surface area (Å²) in [7, 11) is 0. The number of piperidine rings is 1. The van der Waals surface area contributed by atoms with Crippen LogP contribution < -0.4 is 10.2 Å². The van der Waals surface area contributed by atoms with Crippen molar-refractivity contribution in [2.45, 2.75) is 50.4 Å². The molecule has 7 heteroatoms. The molecule has 21 heavy (non-hydrogen) atoms. The fourth-order valence-electron chi connectivity index (χ4n) is 3.33. The average molecular weight is 300 g/mol. The predicted octanol–water partition coefficient (Wildman–Crippen LogP) is 2.61. The molecule has 2 atom stereocenters. The van der Waals surface area contributed by atoms with Crippen molar-refractivity contribution in [3.8, 4) is 0 Å².